The molecule has 0 amide bonds. The van der Waals surface area contributed by atoms with E-state index in [4.69, 9.17) is 0 Å². The summed E-state index contributed by atoms with van der Waals surface area (Å²) in [4.78, 5) is -0.329. The maximum Gasteiger partial charge on any atom is 0.243 e. The van der Waals surface area contributed by atoms with Crippen LogP contribution >= 0.6 is 31.9 Å². The molecule has 7 heteroatoms. The fraction of sp³-hybridized carbons (Fsp3) is 0.538. The number of benzene rings is 1. The molecule has 0 aliphatic heterocycles. The lowest BCUT2D eigenvalue weighted by atomic mass is 9.86. The van der Waals surface area contributed by atoms with Gasteiger partial charge in [0.2, 0.25) is 10.0 Å². The molecule has 114 valence electrons. The Morgan fingerprint density at radius 3 is 2.40 bits per heavy atom. The summed E-state index contributed by atoms with van der Waals surface area (Å²) in [6.45, 7) is 5.84. The van der Waals surface area contributed by atoms with Crippen molar-refractivity contribution in [1.29, 1.82) is 0 Å². The quantitative estimate of drug-likeness (QED) is 0.715. The van der Waals surface area contributed by atoms with Gasteiger partial charge in [0.05, 0.1) is 0 Å². The SMILES string of the molecule is CC(C)(C)C(CCBr)NS(=O)(=O)c1ccc(Br)cc1F. The van der Waals surface area contributed by atoms with Crippen molar-refractivity contribution in [2.45, 2.75) is 38.1 Å². The molecule has 20 heavy (non-hydrogen) atoms. The minimum atomic E-state index is -3.88. The van der Waals surface area contributed by atoms with Crippen LogP contribution in [-0.2, 0) is 10.0 Å². The maximum atomic E-state index is 13.8. The largest absolute Gasteiger partial charge is 0.243 e. The number of nitrogens with one attached hydrogen (secondary N) is 1. The molecule has 0 aromatic heterocycles. The molecule has 0 aliphatic rings. The molecule has 1 rings (SSSR count). The lowest BCUT2D eigenvalue weighted by molar-refractivity contribution is 0.293. The molecule has 1 aromatic carbocycles. The van der Waals surface area contributed by atoms with Crippen molar-refractivity contribution in [1.82, 2.24) is 4.72 Å². The number of alkyl halides is 1. The van der Waals surface area contributed by atoms with E-state index in [0.29, 0.717) is 16.2 Å². The zero-order valence-electron chi connectivity index (χ0n) is 11.6. The standard InChI is InChI=1S/C13H18Br2FNO2S/c1-13(2,3)12(6-7-14)17-20(18,19)11-5-4-9(15)8-10(11)16/h4-5,8,12,17H,6-7H2,1-3H3. The second kappa shape index (κ2) is 6.85. The van der Waals surface area contributed by atoms with Crippen molar-refractivity contribution in [2.75, 3.05) is 5.33 Å². The van der Waals surface area contributed by atoms with E-state index in [0.717, 1.165) is 6.07 Å². The fourth-order valence-electron chi connectivity index (χ4n) is 1.72. The summed E-state index contributed by atoms with van der Waals surface area (Å²) in [7, 11) is -3.88. The van der Waals surface area contributed by atoms with Gasteiger partial charge in [-0.2, -0.15) is 0 Å². The molecule has 1 aromatic rings. The van der Waals surface area contributed by atoms with Gasteiger partial charge in [0.15, 0.2) is 0 Å². The lowest BCUT2D eigenvalue weighted by Gasteiger charge is -2.30. The molecule has 0 aliphatic carbocycles. The van der Waals surface area contributed by atoms with Crippen LogP contribution in [0.2, 0.25) is 0 Å². The third-order valence-electron chi connectivity index (χ3n) is 2.92. The Labute approximate surface area is 136 Å². The van der Waals surface area contributed by atoms with Crippen LogP contribution < -0.4 is 4.72 Å². The normalized spacial score (nSPS) is 14.3. The molecule has 0 saturated carbocycles. The Kier molecular flexibility index (Phi) is 6.19. The summed E-state index contributed by atoms with van der Waals surface area (Å²) in [6.07, 6.45) is 0.626. The molecular weight excluding hydrogens is 413 g/mol. The van der Waals surface area contributed by atoms with Gasteiger partial charge >= 0.3 is 0 Å². The first-order valence-corrected chi connectivity index (χ1v) is 9.51. The van der Waals surface area contributed by atoms with E-state index in [1.165, 1.54) is 12.1 Å². The highest BCUT2D eigenvalue weighted by atomic mass is 79.9. The molecule has 3 nitrogen and oxygen atoms in total. The molecule has 1 unspecified atom stereocenters. The maximum absolute atomic E-state index is 13.8. The molecule has 0 radical (unpaired) electrons. The summed E-state index contributed by atoms with van der Waals surface area (Å²) in [5.74, 6) is -0.765. The first-order chi connectivity index (χ1) is 9.08. The Balaban J connectivity index is 3.10. The van der Waals surface area contributed by atoms with Crippen LogP contribution in [0, 0.1) is 11.2 Å². The molecule has 1 N–H and O–H groups in total. The first-order valence-electron chi connectivity index (χ1n) is 6.11. The molecule has 0 bridgehead atoms. The third kappa shape index (κ3) is 4.79. The summed E-state index contributed by atoms with van der Waals surface area (Å²) in [5.41, 5.74) is -0.257. The van der Waals surface area contributed by atoms with E-state index in [-0.39, 0.29) is 16.4 Å². The topological polar surface area (TPSA) is 46.2 Å². The highest BCUT2D eigenvalue weighted by Crippen LogP contribution is 2.26. The fourth-order valence-corrected chi connectivity index (χ4v) is 4.05. The molecule has 0 spiro atoms. The van der Waals surface area contributed by atoms with Crippen molar-refractivity contribution in [3.63, 3.8) is 0 Å². The summed E-state index contributed by atoms with van der Waals surface area (Å²) >= 11 is 6.42. The number of rotatable bonds is 5. The average Bonchev–Trinajstić information content (AvgIpc) is 2.26. The second-order valence-electron chi connectivity index (χ2n) is 5.59. The van der Waals surface area contributed by atoms with Crippen molar-refractivity contribution >= 4 is 41.9 Å². The van der Waals surface area contributed by atoms with E-state index < -0.39 is 15.8 Å². The molecule has 0 saturated heterocycles. The molecule has 0 fully saturated rings. The third-order valence-corrected chi connectivity index (χ3v) is 5.38. The smallest absolute Gasteiger partial charge is 0.207 e. The monoisotopic (exact) mass is 429 g/mol. The molecule has 0 heterocycles. The van der Waals surface area contributed by atoms with Crippen molar-refractivity contribution < 1.29 is 12.8 Å². The van der Waals surface area contributed by atoms with Crippen LogP contribution in [-0.4, -0.2) is 19.8 Å². The van der Waals surface area contributed by atoms with Gasteiger partial charge in [-0.05, 0) is 30.0 Å². The number of sulfonamides is 1. The van der Waals surface area contributed by atoms with Gasteiger partial charge in [0, 0.05) is 15.8 Å². The Morgan fingerprint density at radius 2 is 1.95 bits per heavy atom. The Bertz CT molecular complexity index is 570. The predicted molar refractivity (Wildman–Crippen MR) is 86.1 cm³/mol. The summed E-state index contributed by atoms with van der Waals surface area (Å²) < 4.78 is 41.5. The zero-order chi connectivity index (χ0) is 15.6. The average molecular weight is 431 g/mol. The van der Waals surface area contributed by atoms with Crippen molar-refractivity contribution in [2.24, 2.45) is 5.41 Å². The van der Waals surface area contributed by atoms with Crippen LogP contribution in [0.25, 0.3) is 0 Å². The van der Waals surface area contributed by atoms with Crippen molar-refractivity contribution in [3.05, 3.63) is 28.5 Å². The number of halogens is 3. The lowest BCUT2D eigenvalue weighted by Crippen LogP contribution is -2.44. The van der Waals surface area contributed by atoms with Gasteiger partial charge in [-0.3, -0.25) is 0 Å². The van der Waals surface area contributed by atoms with Crippen LogP contribution in [0.5, 0.6) is 0 Å². The number of hydrogen-bond donors (Lipinski definition) is 1. The van der Waals surface area contributed by atoms with Crippen LogP contribution in [0.4, 0.5) is 4.39 Å². The van der Waals surface area contributed by atoms with Gasteiger partial charge in [0.1, 0.15) is 10.7 Å². The first kappa shape index (κ1) is 18.1. The van der Waals surface area contributed by atoms with Gasteiger partial charge in [-0.15, -0.1) is 0 Å². The van der Waals surface area contributed by atoms with Crippen LogP contribution in [0.3, 0.4) is 0 Å². The van der Waals surface area contributed by atoms with E-state index in [9.17, 15) is 12.8 Å². The Hall–Kier alpha value is 0.0200. The Morgan fingerprint density at radius 1 is 1.35 bits per heavy atom. The number of hydrogen-bond acceptors (Lipinski definition) is 2. The predicted octanol–water partition coefficient (Wildman–Crippen LogP) is 4.07. The summed E-state index contributed by atoms with van der Waals surface area (Å²) in [5, 5.41) is 0.667. The van der Waals surface area contributed by atoms with Gasteiger partial charge in [-0.25, -0.2) is 17.5 Å². The van der Waals surface area contributed by atoms with E-state index in [1.54, 1.807) is 0 Å². The van der Waals surface area contributed by atoms with E-state index in [2.05, 4.69) is 36.6 Å². The van der Waals surface area contributed by atoms with Crippen LogP contribution in [0.15, 0.2) is 27.6 Å². The van der Waals surface area contributed by atoms with E-state index in [1.807, 2.05) is 20.8 Å². The van der Waals surface area contributed by atoms with Crippen molar-refractivity contribution in [3.8, 4) is 0 Å². The second-order valence-corrected chi connectivity index (χ2v) is 8.98. The molecule has 1 atom stereocenters. The minimum Gasteiger partial charge on any atom is -0.207 e. The highest BCUT2D eigenvalue weighted by molar-refractivity contribution is 9.10. The van der Waals surface area contributed by atoms with Crippen LogP contribution in [0.1, 0.15) is 27.2 Å². The van der Waals surface area contributed by atoms with Gasteiger partial charge in [0.25, 0.3) is 0 Å². The van der Waals surface area contributed by atoms with E-state index >= 15 is 0 Å². The highest BCUT2D eigenvalue weighted by Gasteiger charge is 2.30. The molecular formula is C13H18Br2FNO2S. The minimum absolute atomic E-state index is 0.257. The zero-order valence-corrected chi connectivity index (χ0v) is 15.6. The van der Waals surface area contributed by atoms with Gasteiger partial charge < -0.3 is 0 Å². The summed E-state index contributed by atoms with van der Waals surface area (Å²) in [6, 6.07) is 3.63. The van der Waals surface area contributed by atoms with Gasteiger partial charge in [-0.1, -0.05) is 52.6 Å².